The molecule has 0 aromatic rings. The number of hydrogen-bond donors (Lipinski definition) is 0. The number of hydrogen-bond acceptors (Lipinski definition) is 5. The molecule has 0 heterocycles. The fraction of sp³-hybridized carbons (Fsp3) is 0.778. The average molecular weight is 220 g/mol. The van der Waals surface area contributed by atoms with Gasteiger partial charge in [0.05, 0.1) is 25.1 Å². The number of carbonyl (C=O) groups is 2. The molecule has 0 saturated heterocycles. The van der Waals surface area contributed by atoms with E-state index in [1.165, 1.54) is 6.92 Å². The fourth-order valence-electron chi connectivity index (χ4n) is 0.642. The third kappa shape index (κ3) is 9.54. The van der Waals surface area contributed by atoms with Gasteiger partial charge in [-0.25, -0.2) is 0 Å². The monoisotopic (exact) mass is 220 g/mol. The first-order valence-electron chi connectivity index (χ1n) is 4.33. The standard InChI is InChI=1S/C9H16O4S/c1-7(10)14-12-6-5-8(11)13-9(2,3)4/h5-6H2,1-4H3. The Morgan fingerprint density at radius 1 is 1.29 bits per heavy atom. The minimum Gasteiger partial charge on any atom is -0.460 e. The number of esters is 1. The summed E-state index contributed by atoms with van der Waals surface area (Å²) in [4.78, 5) is 21.5. The molecule has 5 heteroatoms. The highest BCUT2D eigenvalue weighted by Gasteiger charge is 2.15. The molecular formula is C9H16O4S. The molecule has 0 rings (SSSR count). The Morgan fingerprint density at radius 2 is 1.86 bits per heavy atom. The normalized spacial score (nSPS) is 11.1. The third-order valence-corrected chi connectivity index (χ3v) is 1.51. The van der Waals surface area contributed by atoms with E-state index in [-0.39, 0.29) is 24.1 Å². The zero-order valence-corrected chi connectivity index (χ0v) is 9.77. The molecule has 0 aliphatic heterocycles. The number of ether oxygens (including phenoxy) is 1. The van der Waals surface area contributed by atoms with Crippen LogP contribution in [0, 0.1) is 0 Å². The minimum atomic E-state index is -0.467. The largest absolute Gasteiger partial charge is 0.460 e. The van der Waals surface area contributed by atoms with E-state index in [1.807, 2.05) is 0 Å². The maximum Gasteiger partial charge on any atom is 0.308 e. The fourth-order valence-corrected chi connectivity index (χ4v) is 0.975. The Balaban J connectivity index is 3.50. The van der Waals surface area contributed by atoms with Crippen molar-refractivity contribution in [2.45, 2.75) is 39.7 Å². The van der Waals surface area contributed by atoms with E-state index >= 15 is 0 Å². The van der Waals surface area contributed by atoms with Crippen molar-refractivity contribution in [1.29, 1.82) is 0 Å². The van der Waals surface area contributed by atoms with Gasteiger partial charge in [-0.05, 0) is 20.8 Å². The van der Waals surface area contributed by atoms with E-state index < -0.39 is 5.60 Å². The molecule has 4 nitrogen and oxygen atoms in total. The summed E-state index contributed by atoms with van der Waals surface area (Å²) < 4.78 is 9.88. The molecule has 0 aliphatic carbocycles. The van der Waals surface area contributed by atoms with Crippen molar-refractivity contribution < 1.29 is 18.5 Å². The summed E-state index contributed by atoms with van der Waals surface area (Å²) in [5.74, 6) is -0.318. The van der Waals surface area contributed by atoms with Crippen LogP contribution in [0.15, 0.2) is 0 Å². The maximum atomic E-state index is 11.1. The summed E-state index contributed by atoms with van der Waals surface area (Å²) in [7, 11) is 0. The molecule has 0 aromatic carbocycles. The van der Waals surface area contributed by atoms with Gasteiger partial charge in [0.1, 0.15) is 5.60 Å². The van der Waals surface area contributed by atoms with Gasteiger partial charge in [-0.1, -0.05) is 0 Å². The first-order chi connectivity index (χ1) is 6.31. The highest BCUT2D eigenvalue weighted by atomic mass is 32.2. The molecule has 0 N–H and O–H groups in total. The molecule has 14 heavy (non-hydrogen) atoms. The Labute approximate surface area is 88.5 Å². The second kappa shape index (κ2) is 6.03. The average Bonchev–Trinajstić information content (AvgIpc) is 1.94. The lowest BCUT2D eigenvalue weighted by Gasteiger charge is -2.19. The van der Waals surface area contributed by atoms with Crippen LogP contribution in [0.1, 0.15) is 34.1 Å². The minimum absolute atomic E-state index is 0.130. The second-order valence-corrected chi connectivity index (χ2v) is 4.71. The maximum absolute atomic E-state index is 11.1. The van der Waals surface area contributed by atoms with Gasteiger partial charge < -0.3 is 8.92 Å². The molecule has 0 spiro atoms. The van der Waals surface area contributed by atoms with Crippen molar-refractivity contribution >= 4 is 23.1 Å². The molecule has 0 amide bonds. The van der Waals surface area contributed by atoms with Crippen LogP contribution < -0.4 is 0 Å². The van der Waals surface area contributed by atoms with Gasteiger partial charge in [-0.15, -0.1) is 0 Å². The van der Waals surface area contributed by atoms with Crippen molar-refractivity contribution in [3.8, 4) is 0 Å². The van der Waals surface area contributed by atoms with Crippen LogP contribution in [0.4, 0.5) is 0 Å². The van der Waals surface area contributed by atoms with E-state index in [0.29, 0.717) is 0 Å². The summed E-state index contributed by atoms with van der Waals surface area (Å²) >= 11 is 0.745. The van der Waals surface area contributed by atoms with Gasteiger partial charge in [0, 0.05) is 6.92 Å². The first-order valence-corrected chi connectivity index (χ1v) is 5.07. The highest BCUT2D eigenvalue weighted by Crippen LogP contribution is 2.09. The molecule has 0 radical (unpaired) electrons. The topological polar surface area (TPSA) is 52.6 Å². The Hall–Kier alpha value is -0.550. The van der Waals surface area contributed by atoms with Crippen LogP contribution in [0.3, 0.4) is 0 Å². The first kappa shape index (κ1) is 13.4. The number of carbonyl (C=O) groups excluding carboxylic acids is 2. The summed E-state index contributed by atoms with van der Waals surface area (Å²) in [6, 6.07) is 0. The molecule has 0 fully saturated rings. The predicted molar refractivity (Wildman–Crippen MR) is 54.7 cm³/mol. The summed E-state index contributed by atoms with van der Waals surface area (Å²) in [5.41, 5.74) is -0.467. The van der Waals surface area contributed by atoms with E-state index in [0.717, 1.165) is 12.0 Å². The molecule has 0 saturated carbocycles. The van der Waals surface area contributed by atoms with Crippen LogP contribution >= 0.6 is 12.0 Å². The van der Waals surface area contributed by atoms with Gasteiger partial charge in [0.15, 0.2) is 0 Å². The lowest BCUT2D eigenvalue weighted by molar-refractivity contribution is -0.155. The van der Waals surface area contributed by atoms with Crippen molar-refractivity contribution in [3.05, 3.63) is 0 Å². The van der Waals surface area contributed by atoms with E-state index in [1.54, 1.807) is 20.8 Å². The van der Waals surface area contributed by atoms with Crippen LogP contribution in [-0.4, -0.2) is 23.3 Å². The molecule has 0 aliphatic rings. The molecule has 82 valence electrons. The van der Waals surface area contributed by atoms with E-state index in [2.05, 4.69) is 0 Å². The van der Waals surface area contributed by atoms with Crippen LogP contribution in [-0.2, 0) is 18.5 Å². The summed E-state index contributed by atoms with van der Waals surface area (Å²) in [6.07, 6.45) is 0.164. The van der Waals surface area contributed by atoms with Gasteiger partial charge in [-0.3, -0.25) is 9.59 Å². The zero-order valence-electron chi connectivity index (χ0n) is 8.96. The van der Waals surface area contributed by atoms with Crippen molar-refractivity contribution in [1.82, 2.24) is 0 Å². The summed E-state index contributed by atoms with van der Waals surface area (Å²) in [6.45, 7) is 7.00. The second-order valence-electron chi connectivity index (χ2n) is 3.73. The van der Waals surface area contributed by atoms with Crippen LogP contribution in [0.5, 0.6) is 0 Å². The zero-order chi connectivity index (χ0) is 11.2. The van der Waals surface area contributed by atoms with Crippen molar-refractivity contribution in [2.24, 2.45) is 0 Å². The van der Waals surface area contributed by atoms with Crippen molar-refractivity contribution in [3.63, 3.8) is 0 Å². The lowest BCUT2D eigenvalue weighted by Crippen LogP contribution is -2.24. The smallest absolute Gasteiger partial charge is 0.308 e. The molecule has 0 bridgehead atoms. The number of rotatable bonds is 4. The van der Waals surface area contributed by atoms with E-state index in [4.69, 9.17) is 8.92 Å². The van der Waals surface area contributed by atoms with Gasteiger partial charge in [0.2, 0.25) is 5.12 Å². The highest BCUT2D eigenvalue weighted by molar-refractivity contribution is 8.09. The van der Waals surface area contributed by atoms with Gasteiger partial charge in [0.25, 0.3) is 0 Å². The quantitative estimate of drug-likeness (QED) is 0.411. The lowest BCUT2D eigenvalue weighted by atomic mass is 10.2. The molecule has 0 unspecified atom stereocenters. The third-order valence-electron chi connectivity index (χ3n) is 0.986. The van der Waals surface area contributed by atoms with Crippen LogP contribution in [0.25, 0.3) is 0 Å². The van der Waals surface area contributed by atoms with Gasteiger partial charge in [-0.2, -0.15) is 0 Å². The molecular weight excluding hydrogens is 204 g/mol. The molecule has 0 atom stereocenters. The summed E-state index contributed by atoms with van der Waals surface area (Å²) in [5, 5.41) is -0.130. The Kier molecular flexibility index (Phi) is 5.79. The Bertz CT molecular complexity index is 207. The van der Waals surface area contributed by atoms with Gasteiger partial charge >= 0.3 is 5.97 Å². The SMILES string of the molecule is CC(=O)SOCCC(=O)OC(C)(C)C. The Morgan fingerprint density at radius 3 is 2.29 bits per heavy atom. The molecule has 0 aromatic heterocycles. The van der Waals surface area contributed by atoms with E-state index in [9.17, 15) is 9.59 Å². The van der Waals surface area contributed by atoms with Crippen molar-refractivity contribution in [2.75, 3.05) is 6.61 Å². The van der Waals surface area contributed by atoms with Crippen LogP contribution in [0.2, 0.25) is 0 Å². The predicted octanol–water partition coefficient (Wildman–Crippen LogP) is 1.93.